The van der Waals surface area contributed by atoms with E-state index in [0.29, 0.717) is 14.0 Å². The first-order chi connectivity index (χ1) is 9.01. The van der Waals surface area contributed by atoms with Crippen LogP contribution >= 0.6 is 0 Å². The van der Waals surface area contributed by atoms with Gasteiger partial charge in [0.25, 0.3) is 0 Å². The largest absolute Gasteiger partial charge is 0.492 e. The first kappa shape index (κ1) is 15.0. The molecule has 1 rings (SSSR count). The minimum absolute atomic E-state index is 0.474. The van der Waals surface area contributed by atoms with Crippen LogP contribution in [0.25, 0.3) is 0 Å². The molecule has 108 valence electrons. The van der Waals surface area contributed by atoms with Crippen LogP contribution in [0.15, 0.2) is 4.79 Å². The van der Waals surface area contributed by atoms with Crippen LogP contribution in [0.5, 0.6) is 5.88 Å². The van der Waals surface area contributed by atoms with Crippen LogP contribution in [-0.2, 0) is 13.5 Å². The topological polar surface area (TPSA) is 160 Å². The zero-order chi connectivity index (χ0) is 14.6. The van der Waals surface area contributed by atoms with Gasteiger partial charge in [-0.15, -0.1) is 0 Å². The van der Waals surface area contributed by atoms with E-state index < -0.39 is 50.3 Å². The molecule has 0 unspecified atom stereocenters. The van der Waals surface area contributed by atoms with Crippen LogP contribution in [0, 0.1) is 0 Å². The van der Waals surface area contributed by atoms with Gasteiger partial charge in [0.05, 0.1) is 0 Å². The van der Waals surface area contributed by atoms with Crippen molar-refractivity contribution in [2.45, 2.75) is 13.5 Å². The monoisotopic (exact) mass is 278 g/mol. The normalized spacial score (nSPS) is 10.5. The predicted octanol–water partition coefficient (Wildman–Crippen LogP) is -3.01. The summed E-state index contributed by atoms with van der Waals surface area (Å²) >= 11 is 0. The Balaban J connectivity index is 3.14. The summed E-state index contributed by atoms with van der Waals surface area (Å²) in [6.45, 7) is -3.31. The molecule has 0 atom stereocenters. The molecule has 0 fully saturated rings. The lowest BCUT2D eigenvalue weighted by Gasteiger charge is -2.17. The number of aromatic nitrogens is 2. The van der Waals surface area contributed by atoms with E-state index in [-0.39, 0.29) is 0 Å². The highest BCUT2D eigenvalue weighted by atomic mass is 16.3. The van der Waals surface area contributed by atoms with E-state index in [0.717, 1.165) is 0 Å². The molecule has 19 heavy (non-hydrogen) atoms. The lowest BCUT2D eigenvalue weighted by molar-refractivity contribution is 0.0625. The number of aliphatic hydroxyl groups is 4. The molecule has 0 aliphatic heterocycles. The van der Waals surface area contributed by atoms with E-state index in [1.54, 1.807) is 0 Å². The molecule has 0 spiro atoms. The molecule has 11 heteroatoms. The second-order valence-corrected chi connectivity index (χ2v) is 3.35. The maximum absolute atomic E-state index is 11.5. The van der Waals surface area contributed by atoms with E-state index in [4.69, 9.17) is 20.4 Å². The zero-order valence-electron chi connectivity index (χ0n) is 9.72. The molecule has 0 saturated heterocycles. The Kier molecular flexibility index (Phi) is 4.88. The van der Waals surface area contributed by atoms with Gasteiger partial charge in [0.1, 0.15) is 26.9 Å². The van der Waals surface area contributed by atoms with Crippen LogP contribution in [0.4, 0.5) is 10.6 Å². The molecule has 1 aromatic heterocycles. The smallest absolute Gasteiger partial charge is 0.336 e. The van der Waals surface area contributed by atoms with Crippen molar-refractivity contribution in [1.29, 1.82) is 0 Å². The zero-order valence-corrected chi connectivity index (χ0v) is 9.72. The summed E-state index contributed by atoms with van der Waals surface area (Å²) in [5.74, 6) is -1.25. The molecule has 0 aromatic carbocycles. The second kappa shape index (κ2) is 6.19. The fraction of sp³-hybridized carbons (Fsp3) is 0.500. The number of hydrogen-bond acceptors (Lipinski definition) is 7. The molecule has 0 saturated carbocycles. The van der Waals surface area contributed by atoms with Crippen molar-refractivity contribution < 1.29 is 30.3 Å². The summed E-state index contributed by atoms with van der Waals surface area (Å²) in [6, 6.07) is -1.02. The molecule has 1 heterocycles. The van der Waals surface area contributed by atoms with Crippen molar-refractivity contribution in [2.75, 3.05) is 18.8 Å². The lowest BCUT2D eigenvalue weighted by atomic mass is 10.6. The van der Waals surface area contributed by atoms with E-state index in [1.165, 1.54) is 0 Å². The Morgan fingerprint density at radius 2 is 1.63 bits per heavy atom. The molecule has 0 bridgehead atoms. The van der Waals surface area contributed by atoms with E-state index in [1.807, 2.05) is 5.32 Å². The van der Waals surface area contributed by atoms with Crippen molar-refractivity contribution in [3.8, 4) is 5.88 Å². The molecule has 2 amide bonds. The predicted molar refractivity (Wildman–Crippen MR) is 59.8 cm³/mol. The van der Waals surface area contributed by atoms with Gasteiger partial charge in [0.15, 0.2) is 5.82 Å². The molecule has 1 aromatic rings. The van der Waals surface area contributed by atoms with Crippen LogP contribution in [0.2, 0.25) is 0 Å². The Morgan fingerprint density at radius 3 is 2.05 bits per heavy atom. The van der Waals surface area contributed by atoms with Gasteiger partial charge < -0.3 is 25.5 Å². The first-order valence-corrected chi connectivity index (χ1v) is 5.03. The summed E-state index contributed by atoms with van der Waals surface area (Å²) in [7, 11) is 0. The van der Waals surface area contributed by atoms with Gasteiger partial charge in [-0.2, -0.15) is 0 Å². The Labute approximate surface area is 106 Å². The molecule has 0 radical (unpaired) electrons. The third-order valence-corrected chi connectivity index (χ3v) is 2.34. The van der Waals surface area contributed by atoms with Crippen molar-refractivity contribution in [3.63, 3.8) is 0 Å². The molecule has 11 nitrogen and oxygen atoms in total. The van der Waals surface area contributed by atoms with Crippen molar-refractivity contribution in [1.82, 2.24) is 14.0 Å². The van der Waals surface area contributed by atoms with Crippen molar-refractivity contribution in [2.24, 2.45) is 0 Å². The van der Waals surface area contributed by atoms with Gasteiger partial charge in [-0.1, -0.05) is 0 Å². The number of urea groups is 1. The minimum atomic E-state index is -1.02. The molecule has 6 N–H and O–H groups in total. The van der Waals surface area contributed by atoms with Gasteiger partial charge in [0, 0.05) is 0 Å². The number of anilines is 1. The average molecular weight is 278 g/mol. The van der Waals surface area contributed by atoms with E-state index in [2.05, 4.69) is 0 Å². The third-order valence-electron chi connectivity index (χ3n) is 2.34. The highest BCUT2D eigenvalue weighted by molar-refractivity contribution is 5.89. The van der Waals surface area contributed by atoms with Crippen molar-refractivity contribution >= 4 is 11.8 Å². The number of nitrogens with one attached hydrogen (secondary N) is 1. The van der Waals surface area contributed by atoms with Gasteiger partial charge in [-0.3, -0.25) is 14.8 Å². The quantitative estimate of drug-likeness (QED) is 0.312. The highest BCUT2D eigenvalue weighted by Gasteiger charge is 2.22. The Morgan fingerprint density at radius 1 is 1.11 bits per heavy atom. The number of amides is 2. The number of carbonyl (C=O) groups is 1. The summed E-state index contributed by atoms with van der Waals surface area (Å²) in [5.41, 5.74) is -0.947. The first-order valence-electron chi connectivity index (χ1n) is 5.03. The number of imidazole rings is 1. The maximum Gasteiger partial charge on any atom is 0.336 e. The number of nitrogens with zero attached hydrogens (tertiary/aromatic N) is 3. The standard InChI is InChI=1S/C8H14N4O7/c13-1-10(2-14)7(18)9-5-6(17)12(4-16)8(19)11(5)3-15/h13-17H,1-4H2,(H,9,18). The fourth-order valence-electron chi connectivity index (χ4n) is 1.32. The van der Waals surface area contributed by atoms with Crippen LogP contribution in [0.3, 0.4) is 0 Å². The van der Waals surface area contributed by atoms with Gasteiger partial charge >= 0.3 is 11.7 Å². The molecular formula is C8H14N4O7. The highest BCUT2D eigenvalue weighted by Crippen LogP contribution is 2.21. The van der Waals surface area contributed by atoms with Crippen molar-refractivity contribution in [3.05, 3.63) is 10.5 Å². The fourth-order valence-corrected chi connectivity index (χ4v) is 1.32. The number of rotatable bonds is 5. The Hall–Kier alpha value is -2.08. The third kappa shape index (κ3) is 2.68. The summed E-state index contributed by atoms with van der Waals surface area (Å²) < 4.78 is 1.07. The van der Waals surface area contributed by atoms with Gasteiger partial charge in [-0.25, -0.2) is 14.2 Å². The number of hydrogen-bond donors (Lipinski definition) is 6. The summed E-state index contributed by atoms with van der Waals surface area (Å²) in [5, 5.41) is 47.0. The van der Waals surface area contributed by atoms with Gasteiger partial charge in [0.2, 0.25) is 5.88 Å². The maximum atomic E-state index is 11.5. The summed E-state index contributed by atoms with van der Waals surface area (Å²) in [4.78, 5) is 23.6. The van der Waals surface area contributed by atoms with E-state index in [9.17, 15) is 14.7 Å². The minimum Gasteiger partial charge on any atom is -0.492 e. The number of aromatic hydroxyl groups is 1. The second-order valence-electron chi connectivity index (χ2n) is 3.35. The van der Waals surface area contributed by atoms with Crippen LogP contribution in [0.1, 0.15) is 0 Å². The Bertz CT molecular complexity index is 504. The lowest BCUT2D eigenvalue weighted by Crippen LogP contribution is -2.37. The molecular weight excluding hydrogens is 264 g/mol. The van der Waals surface area contributed by atoms with Gasteiger partial charge in [-0.05, 0) is 0 Å². The molecule has 0 aliphatic rings. The number of carbonyl (C=O) groups excluding carboxylic acids is 1. The number of aliphatic hydroxyl groups excluding tert-OH is 4. The van der Waals surface area contributed by atoms with Crippen LogP contribution < -0.4 is 11.0 Å². The molecule has 0 aliphatic carbocycles. The summed E-state index contributed by atoms with van der Waals surface area (Å²) in [6.07, 6.45) is 0. The van der Waals surface area contributed by atoms with E-state index >= 15 is 0 Å². The van der Waals surface area contributed by atoms with Crippen LogP contribution in [-0.4, -0.2) is 59.1 Å². The average Bonchev–Trinajstić information content (AvgIpc) is 2.62. The SMILES string of the molecule is O=C(Nc1c(O)n(CO)c(=O)n1CO)N(CO)CO.